The molecule has 3 heterocycles. The highest BCUT2D eigenvalue weighted by Gasteiger charge is 2.50. The first-order valence-corrected chi connectivity index (χ1v) is 15.1. The predicted molar refractivity (Wildman–Crippen MR) is 160 cm³/mol. The van der Waals surface area contributed by atoms with Gasteiger partial charge in [0.25, 0.3) is 5.69 Å². The maximum absolute atomic E-state index is 12.1. The summed E-state index contributed by atoms with van der Waals surface area (Å²) in [5.74, 6) is 0. The summed E-state index contributed by atoms with van der Waals surface area (Å²) in [6.45, 7) is 6.23. The summed E-state index contributed by atoms with van der Waals surface area (Å²) in [5, 5.41) is 18.3. The van der Waals surface area contributed by atoms with Crippen LogP contribution in [0.5, 0.6) is 0 Å². The fourth-order valence-corrected chi connectivity index (χ4v) is 10.2. The van der Waals surface area contributed by atoms with Crippen LogP contribution in [0.25, 0.3) is 0 Å². The number of nitro benzene ring substituents is 1. The van der Waals surface area contributed by atoms with Gasteiger partial charge < -0.3 is 4.90 Å². The van der Waals surface area contributed by atoms with Crippen molar-refractivity contribution in [3.8, 4) is 0 Å². The summed E-state index contributed by atoms with van der Waals surface area (Å²) in [5.41, 5.74) is 4.59. The average Bonchev–Trinajstić information content (AvgIpc) is 3.42. The highest BCUT2D eigenvalue weighted by molar-refractivity contribution is 7.71. The number of fused-ring (bicyclic) bond motifs is 1. The van der Waals surface area contributed by atoms with Crippen LogP contribution in [0.4, 0.5) is 22.7 Å². The minimum absolute atomic E-state index is 0.0143. The highest BCUT2D eigenvalue weighted by atomic mass is 31.2. The van der Waals surface area contributed by atoms with Crippen molar-refractivity contribution < 1.29 is 4.92 Å². The molecule has 3 aromatic rings. The highest BCUT2D eigenvalue weighted by Crippen LogP contribution is 2.71. The van der Waals surface area contributed by atoms with E-state index in [1.54, 1.807) is 18.2 Å². The van der Waals surface area contributed by atoms with E-state index < -0.39 is 7.36 Å². The number of hydrazone groups is 1. The molecule has 0 spiro atoms. The molecule has 9 heteroatoms. The van der Waals surface area contributed by atoms with Crippen molar-refractivity contribution >= 4 is 36.3 Å². The zero-order valence-electron chi connectivity index (χ0n) is 22.6. The van der Waals surface area contributed by atoms with E-state index in [9.17, 15) is 10.1 Å². The SMILES string of the molecule is CN1/C(=C2\C=NN(c3ccccc3)[P@@]2(=Nc2ccccc2[N+](=O)[O-])N2CCCCC2)C(C)(C)c2ccccc21. The summed E-state index contributed by atoms with van der Waals surface area (Å²) in [6.07, 6.45) is 5.25. The fourth-order valence-electron chi connectivity index (χ4n) is 6.25. The molecule has 0 unspecified atom stereocenters. The van der Waals surface area contributed by atoms with Crippen LogP contribution in [0.3, 0.4) is 0 Å². The lowest BCUT2D eigenvalue weighted by molar-refractivity contribution is -0.384. The lowest BCUT2D eigenvalue weighted by Gasteiger charge is -2.43. The monoisotopic (exact) mass is 540 g/mol. The molecule has 0 aromatic heterocycles. The standard InChI is InChI=1S/C30H33N6O2P/c1-30(2)24-16-8-10-18-26(24)33(3)29(30)28-22-31-35(23-14-6-4-7-15-23)39(28,34-20-12-5-13-21-34)32-25-17-9-11-19-27(25)36(37)38/h4,6-11,14-19,22H,5,12-13,20-21H2,1-3H3/b29-28+/t39-/m0/s1. The number of piperidine rings is 1. The van der Waals surface area contributed by atoms with E-state index in [4.69, 9.17) is 9.85 Å². The third-order valence-electron chi connectivity index (χ3n) is 8.03. The van der Waals surface area contributed by atoms with Crippen LogP contribution >= 0.6 is 7.36 Å². The third kappa shape index (κ3) is 4.01. The molecule has 39 heavy (non-hydrogen) atoms. The Bertz CT molecular complexity index is 1540. The summed E-state index contributed by atoms with van der Waals surface area (Å²) < 4.78 is 10.0. The van der Waals surface area contributed by atoms with E-state index >= 15 is 0 Å². The lowest BCUT2D eigenvalue weighted by atomic mass is 9.84. The Balaban J connectivity index is 1.72. The van der Waals surface area contributed by atoms with Crippen LogP contribution in [0, 0.1) is 10.1 Å². The summed E-state index contributed by atoms with van der Waals surface area (Å²) in [7, 11) is -0.729. The van der Waals surface area contributed by atoms with Crippen molar-refractivity contribution in [2.45, 2.75) is 38.5 Å². The molecule has 0 bridgehead atoms. The molecule has 3 aliphatic heterocycles. The van der Waals surface area contributed by atoms with Crippen LogP contribution in [-0.2, 0) is 5.41 Å². The Labute approximate surface area is 229 Å². The molecule has 1 fully saturated rings. The Morgan fingerprint density at radius 2 is 1.59 bits per heavy atom. The van der Waals surface area contributed by atoms with Gasteiger partial charge in [-0.2, -0.15) is 5.10 Å². The Morgan fingerprint density at radius 3 is 2.31 bits per heavy atom. The van der Waals surface area contributed by atoms with Gasteiger partial charge in [-0.25, -0.2) is 14.2 Å². The predicted octanol–water partition coefficient (Wildman–Crippen LogP) is 7.89. The molecule has 3 aliphatic rings. The molecule has 200 valence electrons. The minimum atomic E-state index is -2.84. The molecule has 0 aliphatic carbocycles. The summed E-state index contributed by atoms with van der Waals surface area (Å²) >= 11 is 0. The Kier molecular flexibility index (Phi) is 6.40. The number of rotatable bonds is 4. The molecule has 0 amide bonds. The van der Waals surface area contributed by atoms with Crippen LogP contribution in [0.1, 0.15) is 38.7 Å². The van der Waals surface area contributed by atoms with Crippen LogP contribution in [0.15, 0.2) is 99.7 Å². The van der Waals surface area contributed by atoms with Crippen molar-refractivity contribution in [1.29, 1.82) is 0 Å². The number of benzene rings is 3. The quantitative estimate of drug-likeness (QED) is 0.191. The number of hydrogen-bond donors (Lipinski definition) is 0. The molecule has 0 N–H and O–H groups in total. The van der Waals surface area contributed by atoms with Gasteiger partial charge in [0.2, 0.25) is 0 Å². The van der Waals surface area contributed by atoms with Gasteiger partial charge >= 0.3 is 0 Å². The maximum atomic E-state index is 12.1. The number of likely N-dealkylation sites (N-methyl/N-ethyl adjacent to an activating group) is 1. The Hall–Kier alpha value is -3.74. The number of allylic oxidation sites excluding steroid dienone is 2. The van der Waals surface area contributed by atoms with Crippen molar-refractivity contribution in [3.05, 3.63) is 106 Å². The van der Waals surface area contributed by atoms with Crippen LogP contribution < -0.4 is 9.68 Å². The van der Waals surface area contributed by atoms with Crippen molar-refractivity contribution in [1.82, 2.24) is 4.67 Å². The van der Waals surface area contributed by atoms with E-state index in [1.165, 1.54) is 11.3 Å². The zero-order chi connectivity index (χ0) is 27.2. The molecule has 8 nitrogen and oxygen atoms in total. The second kappa shape index (κ2) is 9.78. The van der Waals surface area contributed by atoms with Gasteiger partial charge in [0, 0.05) is 43.0 Å². The number of nitrogens with zero attached hydrogens (tertiary/aromatic N) is 6. The fraction of sp³-hybridized carbons (Fsp3) is 0.300. The number of anilines is 2. The smallest absolute Gasteiger partial charge is 0.294 e. The largest absolute Gasteiger partial charge is 0.346 e. The molecular formula is C30H33N6O2P. The molecule has 1 atom stereocenters. The lowest BCUT2D eigenvalue weighted by Crippen LogP contribution is -2.34. The molecule has 0 radical (unpaired) electrons. The second-order valence-corrected chi connectivity index (χ2v) is 13.5. The first-order valence-electron chi connectivity index (χ1n) is 13.4. The van der Waals surface area contributed by atoms with Crippen molar-refractivity contribution in [2.24, 2.45) is 9.85 Å². The van der Waals surface area contributed by atoms with E-state index in [-0.39, 0.29) is 16.0 Å². The van der Waals surface area contributed by atoms with Crippen molar-refractivity contribution in [2.75, 3.05) is 29.8 Å². The topological polar surface area (TPSA) is 77.6 Å². The molecular weight excluding hydrogens is 507 g/mol. The molecule has 3 aromatic carbocycles. The minimum Gasteiger partial charge on any atom is -0.346 e. The Morgan fingerprint density at radius 1 is 0.923 bits per heavy atom. The van der Waals surface area contributed by atoms with Crippen molar-refractivity contribution in [3.63, 3.8) is 0 Å². The average molecular weight is 541 g/mol. The maximum Gasteiger partial charge on any atom is 0.294 e. The van der Waals surface area contributed by atoms with Gasteiger partial charge in [-0.1, -0.05) is 68.8 Å². The summed E-state index contributed by atoms with van der Waals surface area (Å²) in [6, 6.07) is 25.5. The molecule has 6 rings (SSSR count). The third-order valence-corrected chi connectivity index (χ3v) is 11.5. The number of hydrogen-bond acceptors (Lipinski definition) is 5. The van der Waals surface area contributed by atoms with Gasteiger partial charge in [-0.05, 0) is 42.7 Å². The van der Waals surface area contributed by atoms with Gasteiger partial charge in [-0.15, -0.1) is 0 Å². The molecule has 1 saturated heterocycles. The molecule has 0 saturated carbocycles. The zero-order valence-corrected chi connectivity index (χ0v) is 23.5. The second-order valence-electron chi connectivity index (χ2n) is 10.7. The van der Waals surface area contributed by atoms with Crippen LogP contribution in [0.2, 0.25) is 0 Å². The first kappa shape index (κ1) is 25.5. The van der Waals surface area contributed by atoms with Gasteiger partial charge in [-0.3, -0.25) is 10.1 Å². The number of para-hydroxylation sites is 3. The van der Waals surface area contributed by atoms with Gasteiger partial charge in [0.1, 0.15) is 5.69 Å². The van der Waals surface area contributed by atoms with Gasteiger partial charge in [0.05, 0.1) is 22.1 Å². The summed E-state index contributed by atoms with van der Waals surface area (Å²) in [4.78, 5) is 14.1. The number of nitro groups is 1. The van der Waals surface area contributed by atoms with Crippen LogP contribution in [-0.4, -0.2) is 35.9 Å². The van der Waals surface area contributed by atoms with E-state index in [0.717, 1.165) is 49.1 Å². The van der Waals surface area contributed by atoms with Gasteiger partial charge in [0.15, 0.2) is 7.36 Å². The van der Waals surface area contributed by atoms with E-state index in [1.807, 2.05) is 30.5 Å². The first-order chi connectivity index (χ1) is 18.9. The normalized spacial score (nSPS) is 24.2. The van der Waals surface area contributed by atoms with E-state index in [2.05, 4.69) is 71.6 Å². The van der Waals surface area contributed by atoms with E-state index in [0.29, 0.717) is 5.69 Å².